The van der Waals surface area contributed by atoms with Gasteiger partial charge >= 0.3 is 5.92 Å². The fraction of sp³-hybridized carbons (Fsp3) is 0.222. The van der Waals surface area contributed by atoms with Crippen molar-refractivity contribution in [1.29, 1.82) is 0 Å². The molecule has 0 aromatic heterocycles. The molecule has 0 aliphatic heterocycles. The number of alkyl halides is 2. The van der Waals surface area contributed by atoms with Crippen molar-refractivity contribution in [3.8, 4) is 0 Å². The number of rotatable bonds is 2. The Morgan fingerprint density at radius 1 is 1.36 bits per heavy atom. The second-order valence-electron chi connectivity index (χ2n) is 2.66. The molecule has 2 nitrogen and oxygen atoms in total. The minimum Gasteiger partial charge on any atom is -0.354 e. The van der Waals surface area contributed by atoms with Gasteiger partial charge in [0.2, 0.25) is 0 Å². The van der Waals surface area contributed by atoms with Crippen molar-refractivity contribution in [2.45, 2.75) is 5.92 Å². The Balaban J connectivity index is 3.03. The van der Waals surface area contributed by atoms with Gasteiger partial charge in [0.1, 0.15) is 0 Å². The first-order chi connectivity index (χ1) is 6.48. The van der Waals surface area contributed by atoms with E-state index in [1.165, 1.54) is 12.1 Å². The number of hydrogen-bond acceptors (Lipinski definition) is 1. The number of benzene rings is 1. The van der Waals surface area contributed by atoms with E-state index in [1.54, 1.807) is 0 Å². The molecule has 0 fully saturated rings. The number of carbonyl (C=O) groups excluding carboxylic acids is 1. The van der Waals surface area contributed by atoms with Crippen LogP contribution in [0.3, 0.4) is 0 Å². The van der Waals surface area contributed by atoms with Gasteiger partial charge in [-0.3, -0.25) is 4.79 Å². The largest absolute Gasteiger partial charge is 0.354 e. The third-order valence-corrected chi connectivity index (χ3v) is 1.97. The molecule has 0 radical (unpaired) electrons. The molecule has 0 aliphatic carbocycles. The minimum atomic E-state index is -3.51. The number of nitrogens with one attached hydrogen (secondary N) is 1. The van der Waals surface area contributed by atoms with Crippen molar-refractivity contribution < 1.29 is 13.6 Å². The van der Waals surface area contributed by atoms with E-state index >= 15 is 0 Å². The van der Waals surface area contributed by atoms with Crippen LogP contribution in [0.5, 0.6) is 0 Å². The van der Waals surface area contributed by atoms with Crippen LogP contribution in [0.1, 0.15) is 5.56 Å². The Morgan fingerprint density at radius 2 is 1.86 bits per heavy atom. The third kappa shape index (κ3) is 2.01. The highest BCUT2D eigenvalue weighted by molar-refractivity contribution is 6.30. The number of hydrogen-bond donors (Lipinski definition) is 1. The van der Waals surface area contributed by atoms with Gasteiger partial charge in [0.25, 0.3) is 5.91 Å². The Kier molecular flexibility index (Phi) is 3.06. The Morgan fingerprint density at radius 3 is 2.29 bits per heavy atom. The predicted molar refractivity (Wildman–Crippen MR) is 49.4 cm³/mol. The van der Waals surface area contributed by atoms with Gasteiger partial charge in [0.15, 0.2) is 0 Å². The number of amides is 1. The molecule has 5 heteroatoms. The summed E-state index contributed by atoms with van der Waals surface area (Å²) in [5.41, 5.74) is -0.374. The van der Waals surface area contributed by atoms with Crippen molar-refractivity contribution in [2.24, 2.45) is 0 Å². The van der Waals surface area contributed by atoms with Gasteiger partial charge in [-0.25, -0.2) is 0 Å². The van der Waals surface area contributed by atoms with Gasteiger partial charge in [0, 0.05) is 17.6 Å². The summed E-state index contributed by atoms with van der Waals surface area (Å²) in [6.45, 7) is 0. The monoisotopic (exact) mass is 219 g/mol. The molecule has 0 heterocycles. The SMILES string of the molecule is CNC(=O)C(F)(F)c1ccc(Cl)cc1. The second-order valence-corrected chi connectivity index (χ2v) is 3.10. The van der Waals surface area contributed by atoms with E-state index in [9.17, 15) is 13.6 Å². The third-order valence-electron chi connectivity index (χ3n) is 1.72. The van der Waals surface area contributed by atoms with Crippen LogP contribution in [0.15, 0.2) is 24.3 Å². The topological polar surface area (TPSA) is 29.1 Å². The lowest BCUT2D eigenvalue weighted by molar-refractivity contribution is -0.146. The zero-order valence-electron chi connectivity index (χ0n) is 7.35. The van der Waals surface area contributed by atoms with Crippen molar-refractivity contribution in [3.63, 3.8) is 0 Å². The van der Waals surface area contributed by atoms with Crippen LogP contribution in [-0.4, -0.2) is 13.0 Å². The van der Waals surface area contributed by atoms with Crippen LogP contribution in [0.2, 0.25) is 5.02 Å². The molecule has 0 spiro atoms. The van der Waals surface area contributed by atoms with Crippen molar-refractivity contribution in [1.82, 2.24) is 5.32 Å². The maximum atomic E-state index is 13.2. The molecular formula is C9H8ClF2NO. The molecule has 76 valence electrons. The smallest absolute Gasteiger partial charge is 0.349 e. The van der Waals surface area contributed by atoms with Crippen LogP contribution in [0.25, 0.3) is 0 Å². The zero-order chi connectivity index (χ0) is 10.8. The van der Waals surface area contributed by atoms with Crippen LogP contribution in [-0.2, 0) is 10.7 Å². The highest BCUT2D eigenvalue weighted by Gasteiger charge is 2.39. The van der Waals surface area contributed by atoms with Gasteiger partial charge < -0.3 is 5.32 Å². The Bertz CT molecular complexity index is 337. The number of carbonyl (C=O) groups is 1. The van der Waals surface area contributed by atoms with Gasteiger partial charge in [-0.05, 0) is 12.1 Å². The molecule has 1 N–H and O–H groups in total. The summed E-state index contributed by atoms with van der Waals surface area (Å²) in [4.78, 5) is 10.8. The van der Waals surface area contributed by atoms with E-state index in [0.717, 1.165) is 19.2 Å². The summed E-state index contributed by atoms with van der Waals surface area (Å²) in [7, 11) is 1.16. The molecule has 1 aromatic rings. The fourth-order valence-corrected chi connectivity index (χ4v) is 1.07. The van der Waals surface area contributed by atoms with Crippen molar-refractivity contribution in [3.05, 3.63) is 34.9 Å². The fourth-order valence-electron chi connectivity index (χ4n) is 0.947. The maximum Gasteiger partial charge on any atom is 0.349 e. The molecule has 0 aliphatic rings. The molecule has 0 saturated carbocycles. The summed E-state index contributed by atoms with van der Waals surface area (Å²) in [5, 5.41) is 2.24. The molecule has 0 bridgehead atoms. The van der Waals surface area contributed by atoms with Crippen molar-refractivity contribution >= 4 is 17.5 Å². The average Bonchev–Trinajstić information content (AvgIpc) is 2.17. The van der Waals surface area contributed by atoms with E-state index in [-0.39, 0.29) is 5.56 Å². The number of halogens is 3. The van der Waals surface area contributed by atoms with Gasteiger partial charge in [-0.2, -0.15) is 8.78 Å². The van der Waals surface area contributed by atoms with E-state index in [1.807, 2.05) is 5.32 Å². The molecule has 14 heavy (non-hydrogen) atoms. The van der Waals surface area contributed by atoms with Gasteiger partial charge in [-0.1, -0.05) is 23.7 Å². The molecule has 1 aromatic carbocycles. The first-order valence-electron chi connectivity index (χ1n) is 3.84. The maximum absolute atomic E-state index is 13.2. The predicted octanol–water partition coefficient (Wildman–Crippen LogP) is 2.18. The summed E-state index contributed by atoms with van der Waals surface area (Å²) in [5.74, 6) is -4.85. The lowest BCUT2D eigenvalue weighted by atomic mass is 10.1. The van der Waals surface area contributed by atoms with E-state index < -0.39 is 11.8 Å². The minimum absolute atomic E-state index is 0.349. The Hall–Kier alpha value is -1.16. The molecule has 1 amide bonds. The van der Waals surface area contributed by atoms with Gasteiger partial charge in [0.05, 0.1) is 0 Å². The zero-order valence-corrected chi connectivity index (χ0v) is 8.11. The summed E-state index contributed by atoms with van der Waals surface area (Å²) in [6, 6.07) is 4.87. The summed E-state index contributed by atoms with van der Waals surface area (Å²) >= 11 is 5.53. The van der Waals surface area contributed by atoms with Crippen LogP contribution in [0.4, 0.5) is 8.78 Å². The van der Waals surface area contributed by atoms with E-state index in [4.69, 9.17) is 11.6 Å². The lowest BCUT2D eigenvalue weighted by Crippen LogP contribution is -2.35. The highest BCUT2D eigenvalue weighted by Crippen LogP contribution is 2.28. The van der Waals surface area contributed by atoms with Crippen LogP contribution in [0, 0.1) is 0 Å². The lowest BCUT2D eigenvalue weighted by Gasteiger charge is -2.14. The van der Waals surface area contributed by atoms with Crippen LogP contribution < -0.4 is 5.32 Å². The molecule has 0 unspecified atom stereocenters. The molecule has 1 rings (SSSR count). The first-order valence-corrected chi connectivity index (χ1v) is 4.22. The molecular weight excluding hydrogens is 212 g/mol. The summed E-state index contributed by atoms with van der Waals surface area (Å²) < 4.78 is 26.5. The summed E-state index contributed by atoms with van der Waals surface area (Å²) in [6.07, 6.45) is 0. The highest BCUT2D eigenvalue weighted by atomic mass is 35.5. The van der Waals surface area contributed by atoms with E-state index in [2.05, 4.69) is 0 Å². The first kappa shape index (κ1) is 10.9. The van der Waals surface area contributed by atoms with Crippen LogP contribution >= 0.6 is 11.6 Å². The van der Waals surface area contributed by atoms with E-state index in [0.29, 0.717) is 5.02 Å². The van der Waals surface area contributed by atoms with Gasteiger partial charge in [-0.15, -0.1) is 0 Å². The Labute approximate surface area is 84.9 Å². The molecule has 0 atom stereocenters. The standard InChI is InChI=1S/C9H8ClF2NO/c1-13-8(14)9(11,12)6-2-4-7(10)5-3-6/h2-5H,1H3,(H,13,14). The van der Waals surface area contributed by atoms with Crippen molar-refractivity contribution in [2.75, 3.05) is 7.05 Å². The average molecular weight is 220 g/mol. The second kappa shape index (κ2) is 3.92. The normalized spacial score (nSPS) is 11.1. The number of likely N-dealkylation sites (N-methyl/N-ethyl adjacent to an activating group) is 1. The quantitative estimate of drug-likeness (QED) is 0.812. The molecule has 0 saturated heterocycles.